The highest BCUT2D eigenvalue weighted by Gasteiger charge is 2.11. The lowest BCUT2D eigenvalue weighted by molar-refractivity contribution is -0.120. The Morgan fingerprint density at radius 1 is 1.07 bits per heavy atom. The van der Waals surface area contributed by atoms with Crippen molar-refractivity contribution in [2.75, 3.05) is 0 Å². The van der Waals surface area contributed by atoms with Gasteiger partial charge in [0.15, 0.2) is 0 Å². The van der Waals surface area contributed by atoms with Crippen molar-refractivity contribution in [3.63, 3.8) is 0 Å². The molecule has 98 valence electrons. The summed E-state index contributed by atoms with van der Waals surface area (Å²) in [6.07, 6.45) is 3.53. The molecule has 0 rings (SSSR count). The molecule has 0 amide bonds. The van der Waals surface area contributed by atoms with Crippen molar-refractivity contribution in [2.24, 2.45) is 11.8 Å². The van der Waals surface area contributed by atoms with Crippen molar-refractivity contribution < 1.29 is 4.79 Å². The van der Waals surface area contributed by atoms with Gasteiger partial charge in [-0.2, -0.15) is 0 Å². The molecule has 0 aromatic rings. The van der Waals surface area contributed by atoms with E-state index in [0.29, 0.717) is 11.7 Å². The average molecular weight is 220 g/mol. The maximum Gasteiger partial charge on any atom is 0.132 e. The standard InChI is InChI=1S/C10H20O.4CH4/c1-5-6-8(2)7-9(3)10(4)11;;;;/h8-9H,5-7H2,1-4H3;4*1H4. The molecule has 0 N–H and O–H groups in total. The summed E-state index contributed by atoms with van der Waals surface area (Å²) in [7, 11) is 0. The van der Waals surface area contributed by atoms with E-state index in [1.165, 1.54) is 12.8 Å². The molecule has 0 radical (unpaired) electrons. The molecule has 0 spiro atoms. The summed E-state index contributed by atoms with van der Waals surface area (Å²) in [4.78, 5) is 10.9. The third-order valence-corrected chi connectivity index (χ3v) is 2.23. The van der Waals surface area contributed by atoms with Gasteiger partial charge in [0.2, 0.25) is 0 Å². The average Bonchev–Trinajstić information content (AvgIpc) is 1.87. The van der Waals surface area contributed by atoms with Crippen LogP contribution in [-0.2, 0) is 4.79 Å². The highest BCUT2D eigenvalue weighted by Crippen LogP contribution is 2.16. The van der Waals surface area contributed by atoms with E-state index in [0.717, 1.165) is 6.42 Å². The number of Topliss-reactive ketones (excluding diaryl/α,β-unsaturated/α-hetero) is 1. The topological polar surface area (TPSA) is 17.1 Å². The van der Waals surface area contributed by atoms with Gasteiger partial charge in [-0.15, -0.1) is 0 Å². The summed E-state index contributed by atoms with van der Waals surface area (Å²) >= 11 is 0. The summed E-state index contributed by atoms with van der Waals surface area (Å²) in [5.41, 5.74) is 0. The maximum atomic E-state index is 10.9. The molecule has 1 heteroatoms. The van der Waals surface area contributed by atoms with E-state index in [2.05, 4.69) is 13.8 Å². The Morgan fingerprint density at radius 3 is 1.73 bits per heavy atom. The van der Waals surface area contributed by atoms with Crippen LogP contribution in [0, 0.1) is 11.8 Å². The van der Waals surface area contributed by atoms with E-state index in [1.54, 1.807) is 6.92 Å². The van der Waals surface area contributed by atoms with Crippen molar-refractivity contribution in [2.45, 2.75) is 76.7 Å². The normalized spacial score (nSPS) is 11.7. The lowest BCUT2D eigenvalue weighted by atomic mass is 9.92. The molecular formula is C14H36O. The summed E-state index contributed by atoms with van der Waals surface area (Å²) in [6.45, 7) is 8.12. The van der Waals surface area contributed by atoms with Crippen LogP contribution in [0.1, 0.15) is 76.7 Å². The predicted molar refractivity (Wildman–Crippen MR) is 75.5 cm³/mol. The van der Waals surface area contributed by atoms with Gasteiger partial charge in [-0.3, -0.25) is 4.79 Å². The van der Waals surface area contributed by atoms with Crippen LogP contribution in [0.15, 0.2) is 0 Å². The van der Waals surface area contributed by atoms with E-state index in [4.69, 9.17) is 0 Å². The zero-order chi connectivity index (χ0) is 8.85. The van der Waals surface area contributed by atoms with Crippen molar-refractivity contribution in [3.8, 4) is 0 Å². The second kappa shape index (κ2) is 16.1. The molecule has 0 bridgehead atoms. The number of carbonyl (C=O) groups is 1. The van der Waals surface area contributed by atoms with Gasteiger partial charge >= 0.3 is 0 Å². The first-order valence-corrected chi connectivity index (χ1v) is 4.58. The first-order valence-electron chi connectivity index (χ1n) is 4.58. The summed E-state index contributed by atoms with van der Waals surface area (Å²) in [6, 6.07) is 0. The van der Waals surface area contributed by atoms with Crippen molar-refractivity contribution in [1.29, 1.82) is 0 Å². The third kappa shape index (κ3) is 16.4. The Labute approximate surface area is 99.7 Å². The van der Waals surface area contributed by atoms with Crippen LogP contribution in [-0.4, -0.2) is 5.78 Å². The molecule has 0 aromatic heterocycles. The molecule has 0 aliphatic rings. The highest BCUT2D eigenvalue weighted by atomic mass is 16.1. The minimum atomic E-state index is 0. The molecule has 0 heterocycles. The molecule has 0 saturated heterocycles. The van der Waals surface area contributed by atoms with Gasteiger partial charge in [0, 0.05) is 5.92 Å². The number of hydrogen-bond donors (Lipinski definition) is 0. The second-order valence-corrected chi connectivity index (χ2v) is 3.64. The maximum absolute atomic E-state index is 10.9. The number of carbonyl (C=O) groups excluding carboxylic acids is 1. The largest absolute Gasteiger partial charge is 0.300 e. The van der Waals surface area contributed by atoms with Crippen LogP contribution in [0.5, 0.6) is 0 Å². The lowest BCUT2D eigenvalue weighted by Gasteiger charge is -2.13. The van der Waals surface area contributed by atoms with E-state index < -0.39 is 0 Å². The Morgan fingerprint density at radius 2 is 1.47 bits per heavy atom. The van der Waals surface area contributed by atoms with Gasteiger partial charge in [0.25, 0.3) is 0 Å². The van der Waals surface area contributed by atoms with Crippen LogP contribution in [0.2, 0.25) is 0 Å². The minimum absolute atomic E-state index is 0. The van der Waals surface area contributed by atoms with Crippen LogP contribution in [0.3, 0.4) is 0 Å². The monoisotopic (exact) mass is 220 g/mol. The van der Waals surface area contributed by atoms with Gasteiger partial charge in [0.05, 0.1) is 0 Å². The second-order valence-electron chi connectivity index (χ2n) is 3.64. The first kappa shape index (κ1) is 29.3. The van der Waals surface area contributed by atoms with Crippen LogP contribution < -0.4 is 0 Å². The SMILES string of the molecule is C.C.C.C.CCCC(C)CC(C)C(C)=O. The fraction of sp³-hybridized carbons (Fsp3) is 0.929. The molecule has 1 nitrogen and oxygen atoms in total. The summed E-state index contributed by atoms with van der Waals surface area (Å²) in [5, 5.41) is 0. The fourth-order valence-corrected chi connectivity index (χ4v) is 1.38. The molecule has 0 aliphatic heterocycles. The van der Waals surface area contributed by atoms with Gasteiger partial charge in [-0.25, -0.2) is 0 Å². The zero-order valence-corrected chi connectivity index (χ0v) is 8.18. The zero-order valence-electron chi connectivity index (χ0n) is 8.18. The first-order chi connectivity index (χ1) is 5.07. The van der Waals surface area contributed by atoms with Crippen molar-refractivity contribution in [3.05, 3.63) is 0 Å². The molecular weight excluding hydrogens is 184 g/mol. The Hall–Kier alpha value is -0.330. The molecule has 0 aliphatic carbocycles. The molecule has 0 aromatic carbocycles. The van der Waals surface area contributed by atoms with Crippen LogP contribution in [0.4, 0.5) is 0 Å². The summed E-state index contributed by atoms with van der Waals surface area (Å²) < 4.78 is 0. The van der Waals surface area contributed by atoms with Crippen LogP contribution >= 0.6 is 0 Å². The van der Waals surface area contributed by atoms with Gasteiger partial charge in [-0.05, 0) is 19.3 Å². The molecule has 0 fully saturated rings. The Kier molecular flexibility index (Phi) is 31.5. The number of ketones is 1. The van der Waals surface area contributed by atoms with Gasteiger partial charge < -0.3 is 0 Å². The third-order valence-electron chi connectivity index (χ3n) is 2.23. The smallest absolute Gasteiger partial charge is 0.132 e. The quantitative estimate of drug-likeness (QED) is 0.591. The number of rotatable bonds is 5. The summed E-state index contributed by atoms with van der Waals surface area (Å²) in [5.74, 6) is 1.29. The lowest BCUT2D eigenvalue weighted by Crippen LogP contribution is -2.10. The fourth-order valence-electron chi connectivity index (χ4n) is 1.38. The molecule has 15 heavy (non-hydrogen) atoms. The van der Waals surface area contributed by atoms with Gasteiger partial charge in [0.1, 0.15) is 5.78 Å². The molecule has 0 saturated carbocycles. The molecule has 2 unspecified atom stereocenters. The van der Waals surface area contributed by atoms with Gasteiger partial charge in [-0.1, -0.05) is 63.3 Å². The Bertz CT molecular complexity index is 119. The minimum Gasteiger partial charge on any atom is -0.300 e. The van der Waals surface area contributed by atoms with Crippen molar-refractivity contribution in [1.82, 2.24) is 0 Å². The van der Waals surface area contributed by atoms with Crippen molar-refractivity contribution >= 4 is 5.78 Å². The van der Waals surface area contributed by atoms with Crippen LogP contribution in [0.25, 0.3) is 0 Å². The van der Waals surface area contributed by atoms with E-state index in [1.807, 2.05) is 6.92 Å². The Balaban J connectivity index is -0.0000000833. The van der Waals surface area contributed by atoms with E-state index in [9.17, 15) is 4.79 Å². The highest BCUT2D eigenvalue weighted by molar-refractivity contribution is 5.77. The number of hydrogen-bond acceptors (Lipinski definition) is 1. The predicted octanol–water partition coefficient (Wildman–Crippen LogP) is 5.58. The molecule has 2 atom stereocenters. The van der Waals surface area contributed by atoms with E-state index >= 15 is 0 Å². The van der Waals surface area contributed by atoms with E-state index in [-0.39, 0.29) is 35.6 Å².